The summed E-state index contributed by atoms with van der Waals surface area (Å²) in [6, 6.07) is 2.64. The monoisotopic (exact) mass is 861 g/mol. The van der Waals surface area contributed by atoms with E-state index >= 15 is 0 Å². The van der Waals surface area contributed by atoms with E-state index in [4.69, 9.17) is 53.5 Å². The number of hydrogen-bond acceptors (Lipinski definition) is 15. The molecule has 0 saturated carbocycles. The Morgan fingerprint density at radius 3 is 1.33 bits per heavy atom. The number of rotatable bonds is 39. The Morgan fingerprint density at radius 1 is 0.509 bits per heavy atom. The van der Waals surface area contributed by atoms with E-state index in [9.17, 15) is 10.2 Å². The number of ether oxygens (including phenoxy) is 8. The molecule has 0 radical (unpaired) electrons. The van der Waals surface area contributed by atoms with Crippen LogP contribution in [0.15, 0.2) is 0 Å². The Labute approximate surface area is 350 Å². The van der Waals surface area contributed by atoms with Gasteiger partial charge in [-0.25, -0.2) is 0 Å². The number of hydrogen-bond donors (Lipinski definition) is 6. The number of nitrogens with one attached hydrogen (secondary N) is 2. The van der Waals surface area contributed by atoms with Crippen LogP contribution in [0.3, 0.4) is 0 Å². The lowest BCUT2D eigenvalue weighted by molar-refractivity contribution is -0.0331. The Kier molecular flexibility index (Phi) is 38.9. The molecule has 0 rings (SSSR count). The van der Waals surface area contributed by atoms with Crippen molar-refractivity contribution in [2.24, 2.45) is 11.5 Å². The molecule has 0 aromatic rings. The van der Waals surface area contributed by atoms with Gasteiger partial charge in [0.15, 0.2) is 16.6 Å². The van der Waals surface area contributed by atoms with Crippen molar-refractivity contribution in [1.82, 2.24) is 10.6 Å². The van der Waals surface area contributed by atoms with Gasteiger partial charge in [-0.3, -0.25) is 0 Å². The third-order valence-corrected chi connectivity index (χ3v) is 16.0. The molecular weight excluding hydrogens is 769 g/mol. The van der Waals surface area contributed by atoms with Crippen LogP contribution in [0.2, 0.25) is 38.3 Å². The van der Waals surface area contributed by atoms with Gasteiger partial charge in [-0.2, -0.15) is 0 Å². The normalized spacial score (nSPS) is 16.6. The maximum absolute atomic E-state index is 10.1. The molecule has 15 nitrogen and oxygen atoms in total. The van der Waals surface area contributed by atoms with Crippen molar-refractivity contribution in [3.8, 4) is 0 Å². The van der Waals surface area contributed by atoms with E-state index in [1.807, 2.05) is 48.5 Å². The number of aliphatic hydroxyl groups is 2. The molecule has 0 spiro atoms. The minimum Gasteiger partial charge on any atom is -0.456 e. The molecule has 0 aromatic carbocycles. The summed E-state index contributed by atoms with van der Waals surface area (Å²) >= 11 is 0. The first-order chi connectivity index (χ1) is 26.8. The molecule has 346 valence electrons. The van der Waals surface area contributed by atoms with E-state index in [1.165, 1.54) is 0 Å². The molecule has 17 heteroatoms. The SMILES string of the molecule is CCCOCC(O)CNC(C)COCCOC(C)COCC(C)N.CC[Si](C)(C)O[Si](C)(C)CCCOCC(O)CNC(C)COCCOC(C)COCC(C)N. The van der Waals surface area contributed by atoms with E-state index < -0.39 is 28.8 Å². The summed E-state index contributed by atoms with van der Waals surface area (Å²) in [5.41, 5.74) is 11.3. The van der Waals surface area contributed by atoms with Gasteiger partial charge in [0, 0.05) is 50.5 Å². The molecule has 8 N–H and O–H groups in total. The highest BCUT2D eigenvalue weighted by Crippen LogP contribution is 2.22. The molecule has 0 fully saturated rings. The first-order valence-corrected chi connectivity index (χ1v) is 27.8. The Hall–Kier alpha value is -0.166. The van der Waals surface area contributed by atoms with Crippen molar-refractivity contribution in [2.45, 2.75) is 155 Å². The fourth-order valence-corrected chi connectivity index (χ4v) is 13.0. The second-order valence-electron chi connectivity index (χ2n) is 16.7. The lowest BCUT2D eigenvalue weighted by Crippen LogP contribution is -2.43. The van der Waals surface area contributed by atoms with Crippen LogP contribution in [0.4, 0.5) is 0 Å². The summed E-state index contributed by atoms with van der Waals surface area (Å²) in [5.74, 6) is 0. The summed E-state index contributed by atoms with van der Waals surface area (Å²) < 4.78 is 50.8. The first kappa shape index (κ1) is 58.9. The molecule has 0 aliphatic carbocycles. The first-order valence-electron chi connectivity index (χ1n) is 21.6. The molecule has 8 unspecified atom stereocenters. The fourth-order valence-electron chi connectivity index (χ4n) is 5.04. The predicted molar refractivity (Wildman–Crippen MR) is 236 cm³/mol. The molecule has 0 aromatic heterocycles. The van der Waals surface area contributed by atoms with Gasteiger partial charge in [-0.15, -0.1) is 0 Å². The highest BCUT2D eigenvalue weighted by molar-refractivity contribution is 6.84. The van der Waals surface area contributed by atoms with Crippen LogP contribution >= 0.6 is 0 Å². The Morgan fingerprint density at radius 2 is 0.930 bits per heavy atom. The molecule has 8 atom stereocenters. The largest absolute Gasteiger partial charge is 0.456 e. The summed E-state index contributed by atoms with van der Waals surface area (Å²) in [5, 5.41) is 26.4. The minimum absolute atomic E-state index is 0.0176. The van der Waals surface area contributed by atoms with Crippen LogP contribution in [0.1, 0.15) is 68.2 Å². The lowest BCUT2D eigenvalue weighted by atomic mass is 10.3. The summed E-state index contributed by atoms with van der Waals surface area (Å²) in [4.78, 5) is 0. The highest BCUT2D eigenvalue weighted by Gasteiger charge is 2.31. The molecule has 57 heavy (non-hydrogen) atoms. The van der Waals surface area contributed by atoms with E-state index in [-0.39, 0.29) is 36.4 Å². The maximum atomic E-state index is 10.1. The molecule has 0 aliphatic rings. The zero-order chi connectivity index (χ0) is 43.5. The maximum Gasteiger partial charge on any atom is 0.173 e. The van der Waals surface area contributed by atoms with E-state index in [1.54, 1.807) is 0 Å². The fraction of sp³-hybridized carbons (Fsp3) is 1.00. The summed E-state index contributed by atoms with van der Waals surface area (Å²) in [7, 11) is -3.13. The number of aliphatic hydroxyl groups excluding tert-OH is 2. The van der Waals surface area contributed by atoms with Gasteiger partial charge in [0.1, 0.15) is 0 Å². The zero-order valence-electron chi connectivity index (χ0n) is 38.5. The average molecular weight is 861 g/mol. The van der Waals surface area contributed by atoms with Crippen molar-refractivity contribution in [3.63, 3.8) is 0 Å². The van der Waals surface area contributed by atoms with Crippen molar-refractivity contribution < 1.29 is 52.2 Å². The van der Waals surface area contributed by atoms with Crippen molar-refractivity contribution >= 4 is 16.6 Å². The third kappa shape index (κ3) is 43.7. The van der Waals surface area contributed by atoms with Crippen LogP contribution in [-0.2, 0) is 42.0 Å². The molecular formula is C40H92N4O11Si2. The van der Waals surface area contributed by atoms with Gasteiger partial charge in [0.05, 0.1) is 104 Å². The van der Waals surface area contributed by atoms with Gasteiger partial charge in [0.25, 0.3) is 0 Å². The Balaban J connectivity index is 0. The molecule has 0 amide bonds. The summed E-state index contributed by atoms with van der Waals surface area (Å²) in [6.07, 6.45) is 0.977. The van der Waals surface area contributed by atoms with Crippen molar-refractivity contribution in [2.75, 3.05) is 106 Å². The highest BCUT2D eigenvalue weighted by atomic mass is 28.4. The van der Waals surface area contributed by atoms with Crippen molar-refractivity contribution in [3.05, 3.63) is 0 Å². The van der Waals surface area contributed by atoms with Crippen LogP contribution in [0.5, 0.6) is 0 Å². The molecule has 0 saturated heterocycles. The smallest absolute Gasteiger partial charge is 0.173 e. The van der Waals surface area contributed by atoms with Crippen LogP contribution < -0.4 is 22.1 Å². The van der Waals surface area contributed by atoms with Gasteiger partial charge in [-0.05, 0) is 92.7 Å². The van der Waals surface area contributed by atoms with Gasteiger partial charge < -0.3 is 74.3 Å². The number of nitrogens with two attached hydrogens (primary N) is 2. The second kappa shape index (κ2) is 37.6. The lowest BCUT2D eigenvalue weighted by Gasteiger charge is -2.33. The van der Waals surface area contributed by atoms with Gasteiger partial charge in [0.2, 0.25) is 0 Å². The standard InChI is InChI=1S/C23H54N2O6Si2.C17H38N2O5/c1-9-32(5,6)31-33(7,8)14-10-11-27-19-23(26)15-25-21(3)17-28-12-13-30-22(4)18-29-16-20(2)24;1-5-6-21-13-17(20)9-19-15(3)11-22-7-8-24-16(4)12-23-10-14(2)18/h20-23,25-26H,9-19,24H2,1-8H3;14-17,19-20H,5-13,18H2,1-4H3. The molecule has 0 heterocycles. The molecule has 0 aliphatic heterocycles. The van der Waals surface area contributed by atoms with Gasteiger partial charge in [-0.1, -0.05) is 13.8 Å². The topological polar surface area (TPSA) is 200 Å². The van der Waals surface area contributed by atoms with E-state index in [0.717, 1.165) is 24.9 Å². The predicted octanol–water partition coefficient (Wildman–Crippen LogP) is 3.50. The van der Waals surface area contributed by atoms with Crippen molar-refractivity contribution in [1.29, 1.82) is 0 Å². The molecule has 0 bridgehead atoms. The van der Waals surface area contributed by atoms with Gasteiger partial charge >= 0.3 is 0 Å². The zero-order valence-corrected chi connectivity index (χ0v) is 40.5. The second-order valence-corrected chi connectivity index (χ2v) is 25.8. The minimum atomic E-state index is -1.63. The third-order valence-electron chi connectivity index (χ3n) is 8.31. The summed E-state index contributed by atoms with van der Waals surface area (Å²) in [6.45, 7) is 33.7. The van der Waals surface area contributed by atoms with Crippen LogP contribution in [-0.4, -0.2) is 181 Å². The average Bonchev–Trinajstić information content (AvgIpc) is 3.12. The van der Waals surface area contributed by atoms with Crippen LogP contribution in [0, 0.1) is 0 Å². The van der Waals surface area contributed by atoms with E-state index in [2.05, 4.69) is 43.7 Å². The van der Waals surface area contributed by atoms with E-state index in [0.29, 0.717) is 106 Å². The Bertz CT molecular complexity index is 872. The van der Waals surface area contributed by atoms with Crippen LogP contribution in [0.25, 0.3) is 0 Å². The quantitative estimate of drug-likeness (QED) is 0.0388.